The smallest absolute Gasteiger partial charge is 0.242 e. The van der Waals surface area contributed by atoms with Crippen LogP contribution in [0.25, 0.3) is 0 Å². The maximum Gasteiger partial charge on any atom is 0.242 e. The van der Waals surface area contributed by atoms with Gasteiger partial charge < -0.3 is 43.2 Å². The molecular formula is C46H75N7O9. The first kappa shape index (κ1) is 53.6. The van der Waals surface area contributed by atoms with Crippen molar-refractivity contribution in [3.8, 4) is 0 Å². The van der Waals surface area contributed by atoms with E-state index in [4.69, 9.17) is 11.5 Å². The second-order valence-electron chi connectivity index (χ2n) is 18.4. The standard InChI is InChI=1S/C46H75N7O9/c1-26(2)18-33-23-39(55)30(8)50-44(60)34(29(7)49-46(62)37(20-28(5)6)52-43(33)59)24-41(57)38(25-54)53-42(58)32(16-12-13-17-47)22-40(56)36(19-27(3)4)51-45(61)35(48)21-31-14-10-9-11-15-31/h9-11,14-15,26-30,32-38,54H,12-13,16-25,47-48H2,1-8H3,(H,49,62)(H,50,60)(H,51,61)(H,52,59)(H,53,58)/t29-,30-,32-,33+,34?,35-,36+,37-,38-/m0/s1. The Morgan fingerprint density at radius 1 is 0.774 bits per heavy atom. The number of aliphatic hydroxyl groups is 1. The average molecular weight is 870 g/mol. The number of hydrogen-bond acceptors (Lipinski definition) is 11. The van der Waals surface area contributed by atoms with E-state index >= 15 is 0 Å². The number of Topliss-reactive ketones (excluding diaryl/α,β-unsaturated/α-hetero) is 3. The third-order valence-corrected chi connectivity index (χ3v) is 11.2. The Morgan fingerprint density at radius 3 is 1.98 bits per heavy atom. The molecule has 1 aliphatic heterocycles. The van der Waals surface area contributed by atoms with E-state index in [9.17, 15) is 43.5 Å². The Bertz CT molecular complexity index is 1650. The zero-order valence-corrected chi connectivity index (χ0v) is 38.2. The first-order valence-corrected chi connectivity index (χ1v) is 22.4. The first-order valence-electron chi connectivity index (χ1n) is 22.4. The van der Waals surface area contributed by atoms with E-state index < -0.39 is 114 Å². The molecule has 1 aliphatic rings. The highest BCUT2D eigenvalue weighted by molar-refractivity contribution is 5.98. The second-order valence-corrected chi connectivity index (χ2v) is 18.4. The van der Waals surface area contributed by atoms with Crippen LogP contribution in [0.15, 0.2) is 30.3 Å². The largest absolute Gasteiger partial charge is 0.394 e. The van der Waals surface area contributed by atoms with E-state index in [-0.39, 0.29) is 49.9 Å². The van der Waals surface area contributed by atoms with Crippen molar-refractivity contribution in [3.63, 3.8) is 0 Å². The lowest BCUT2D eigenvalue weighted by molar-refractivity contribution is -0.136. The van der Waals surface area contributed by atoms with Crippen LogP contribution in [-0.2, 0) is 44.8 Å². The third-order valence-electron chi connectivity index (χ3n) is 11.2. The van der Waals surface area contributed by atoms with E-state index in [0.717, 1.165) is 5.56 Å². The molecular weight excluding hydrogens is 795 g/mol. The minimum atomic E-state index is -1.49. The number of hydrogen-bond donors (Lipinski definition) is 8. The Labute approximate surface area is 368 Å². The minimum Gasteiger partial charge on any atom is -0.394 e. The van der Waals surface area contributed by atoms with Crippen molar-refractivity contribution in [1.82, 2.24) is 26.6 Å². The number of rotatable bonds is 23. The number of aliphatic hydroxyl groups excluding tert-OH is 1. The number of nitrogens with one attached hydrogen (secondary N) is 5. The van der Waals surface area contributed by atoms with Gasteiger partial charge in [-0.3, -0.25) is 38.4 Å². The van der Waals surface area contributed by atoms with Crippen LogP contribution in [0.3, 0.4) is 0 Å². The Balaban J connectivity index is 2.34. The molecule has 10 N–H and O–H groups in total. The monoisotopic (exact) mass is 870 g/mol. The van der Waals surface area contributed by atoms with Gasteiger partial charge in [-0.2, -0.15) is 0 Å². The highest BCUT2D eigenvalue weighted by Crippen LogP contribution is 2.22. The molecule has 9 atom stereocenters. The second kappa shape index (κ2) is 26.8. The zero-order valence-electron chi connectivity index (χ0n) is 38.2. The molecule has 1 unspecified atom stereocenters. The van der Waals surface area contributed by atoms with Crippen molar-refractivity contribution in [3.05, 3.63) is 35.9 Å². The van der Waals surface area contributed by atoms with Gasteiger partial charge >= 0.3 is 0 Å². The molecule has 1 aromatic rings. The molecule has 2 rings (SSSR count). The van der Waals surface area contributed by atoms with Crippen LogP contribution in [0.5, 0.6) is 0 Å². The minimum absolute atomic E-state index is 0.00264. The van der Waals surface area contributed by atoms with E-state index in [0.29, 0.717) is 32.2 Å². The molecule has 1 fully saturated rings. The van der Waals surface area contributed by atoms with Gasteiger partial charge in [-0.1, -0.05) is 78.3 Å². The topological polar surface area (TPSA) is 269 Å². The van der Waals surface area contributed by atoms with Crippen molar-refractivity contribution in [2.45, 2.75) is 156 Å². The van der Waals surface area contributed by atoms with Gasteiger partial charge in [0.2, 0.25) is 29.5 Å². The molecule has 0 aromatic heterocycles. The average Bonchev–Trinajstić information content (AvgIpc) is 3.19. The van der Waals surface area contributed by atoms with Crippen molar-refractivity contribution < 1.29 is 43.5 Å². The number of amides is 5. The quantitative estimate of drug-likeness (QED) is 0.0738. The van der Waals surface area contributed by atoms with Crippen LogP contribution < -0.4 is 38.1 Å². The van der Waals surface area contributed by atoms with Gasteiger partial charge in [0.15, 0.2) is 17.3 Å². The summed E-state index contributed by atoms with van der Waals surface area (Å²) in [5, 5.41) is 24.1. The lowest BCUT2D eigenvalue weighted by Crippen LogP contribution is -2.55. The van der Waals surface area contributed by atoms with Gasteiger partial charge in [-0.15, -0.1) is 0 Å². The molecule has 0 spiro atoms. The summed E-state index contributed by atoms with van der Waals surface area (Å²) in [6, 6.07) is 2.91. The molecule has 0 bridgehead atoms. The summed E-state index contributed by atoms with van der Waals surface area (Å²) in [5.74, 6) is -7.26. The summed E-state index contributed by atoms with van der Waals surface area (Å²) in [5.41, 5.74) is 12.8. The molecule has 16 nitrogen and oxygen atoms in total. The fourth-order valence-electron chi connectivity index (χ4n) is 7.69. The van der Waals surface area contributed by atoms with Crippen molar-refractivity contribution in [2.75, 3.05) is 13.2 Å². The van der Waals surface area contributed by atoms with Gasteiger partial charge in [0, 0.05) is 37.1 Å². The van der Waals surface area contributed by atoms with Gasteiger partial charge in [-0.05, 0) is 82.2 Å². The fraction of sp³-hybridized carbons (Fsp3) is 0.696. The molecule has 62 heavy (non-hydrogen) atoms. The van der Waals surface area contributed by atoms with Gasteiger partial charge in [0.25, 0.3) is 0 Å². The van der Waals surface area contributed by atoms with Crippen LogP contribution in [0.1, 0.15) is 119 Å². The number of ketones is 3. The fourth-order valence-corrected chi connectivity index (χ4v) is 7.69. The molecule has 0 aliphatic carbocycles. The van der Waals surface area contributed by atoms with E-state index in [1.54, 1.807) is 0 Å². The molecule has 348 valence electrons. The normalized spacial score (nSPS) is 22.3. The summed E-state index contributed by atoms with van der Waals surface area (Å²) >= 11 is 0. The predicted octanol–water partition coefficient (Wildman–Crippen LogP) is 2.02. The summed E-state index contributed by atoms with van der Waals surface area (Å²) < 4.78 is 0. The molecule has 0 radical (unpaired) electrons. The Hall–Kier alpha value is -4.54. The molecule has 1 heterocycles. The molecule has 16 heteroatoms. The highest BCUT2D eigenvalue weighted by Gasteiger charge is 2.38. The lowest BCUT2D eigenvalue weighted by Gasteiger charge is -2.29. The van der Waals surface area contributed by atoms with Gasteiger partial charge in [0.05, 0.1) is 30.7 Å². The van der Waals surface area contributed by atoms with Crippen LogP contribution >= 0.6 is 0 Å². The number of carbonyl (C=O) groups is 8. The third kappa shape index (κ3) is 18.4. The summed E-state index contributed by atoms with van der Waals surface area (Å²) in [7, 11) is 0. The molecule has 5 amide bonds. The SMILES string of the molecule is CC(C)C[C@@H]1CC(=O)[C@H](C)NC(=O)C(CC(=O)[C@H](CO)NC(=O)[C@@H](CCCCN)CC(=O)[C@@H](CC(C)C)NC(=O)[C@@H](N)Cc2ccccc2)[C@H](C)NC(=O)[C@H](CC(C)C)NC1=O. The highest BCUT2D eigenvalue weighted by atomic mass is 16.3. The van der Waals surface area contributed by atoms with Crippen molar-refractivity contribution >= 4 is 46.9 Å². The number of unbranched alkanes of at least 4 members (excludes halogenated alkanes) is 1. The van der Waals surface area contributed by atoms with E-state index in [1.165, 1.54) is 13.8 Å². The maximum absolute atomic E-state index is 13.9. The van der Waals surface area contributed by atoms with E-state index in [1.807, 2.05) is 71.9 Å². The van der Waals surface area contributed by atoms with Crippen LogP contribution in [0, 0.1) is 35.5 Å². The summed E-state index contributed by atoms with van der Waals surface area (Å²) in [6.07, 6.45) is 1.50. The number of carbonyl (C=O) groups excluding carboxylic acids is 8. The first-order chi connectivity index (χ1) is 29.2. The predicted molar refractivity (Wildman–Crippen MR) is 237 cm³/mol. The maximum atomic E-state index is 13.9. The molecule has 1 aromatic carbocycles. The molecule has 0 saturated carbocycles. The summed E-state index contributed by atoms with van der Waals surface area (Å²) in [4.78, 5) is 109. The Kier molecular flexibility index (Phi) is 23.2. The van der Waals surface area contributed by atoms with Gasteiger partial charge in [-0.25, -0.2) is 0 Å². The van der Waals surface area contributed by atoms with Crippen LogP contribution in [0.2, 0.25) is 0 Å². The van der Waals surface area contributed by atoms with Crippen molar-refractivity contribution in [1.29, 1.82) is 0 Å². The van der Waals surface area contributed by atoms with E-state index in [2.05, 4.69) is 26.6 Å². The van der Waals surface area contributed by atoms with Gasteiger partial charge in [0.1, 0.15) is 12.1 Å². The van der Waals surface area contributed by atoms with Crippen LogP contribution in [-0.4, -0.2) is 101 Å². The van der Waals surface area contributed by atoms with Crippen molar-refractivity contribution in [2.24, 2.45) is 47.0 Å². The zero-order chi connectivity index (χ0) is 46.7. The van der Waals surface area contributed by atoms with Crippen LogP contribution in [0.4, 0.5) is 0 Å². The molecule has 1 saturated heterocycles. The number of nitrogens with two attached hydrogens (primary N) is 2. The lowest BCUT2D eigenvalue weighted by atomic mass is 9.88. The number of benzene rings is 1. The Morgan fingerprint density at radius 2 is 1.40 bits per heavy atom. The summed E-state index contributed by atoms with van der Waals surface area (Å²) in [6.45, 7) is 14.0.